The fourth-order valence-corrected chi connectivity index (χ4v) is 10.8. The number of hydrogen-bond donors (Lipinski definition) is 1. The summed E-state index contributed by atoms with van der Waals surface area (Å²) in [5.41, 5.74) is 0. The Morgan fingerprint density at radius 3 is 1.04 bits per heavy atom. The lowest BCUT2D eigenvalue weighted by Crippen LogP contribution is -2.37. The van der Waals surface area contributed by atoms with Gasteiger partial charge in [-0.3, -0.25) is 18.6 Å². The van der Waals surface area contributed by atoms with Crippen molar-refractivity contribution < 1.29 is 42.1 Å². The standard InChI is InChI=1S/C67H130NO8P/c1-6-8-10-12-14-16-18-20-22-24-25-26-27-28-29-30-31-32-33-34-35-36-37-38-39-40-41-42-43-44-46-47-49-51-53-55-57-59-66(69)73-63-65(64-75-77(71,72)74-62-61-68(3,4)5)76-67(70)60-58-56-54-52-50-48-45-23-21-19-17-15-13-11-9-7-2/h17,19,23,45,65H,6-16,18,20-22,24-44,46-64H2,1-5H3/p+1/b19-17-,45-23-. The molecule has 10 heteroatoms. The average molecular weight is 1110 g/mol. The van der Waals surface area contributed by atoms with Crippen LogP contribution in [0.15, 0.2) is 24.3 Å². The van der Waals surface area contributed by atoms with Gasteiger partial charge in [-0.25, -0.2) is 4.57 Å². The quantitative estimate of drug-likeness (QED) is 0.0211. The lowest BCUT2D eigenvalue weighted by Gasteiger charge is -2.24. The van der Waals surface area contributed by atoms with Crippen molar-refractivity contribution in [3.63, 3.8) is 0 Å². The molecule has 0 aromatic rings. The molecule has 0 heterocycles. The molecule has 0 aromatic carbocycles. The van der Waals surface area contributed by atoms with E-state index in [1.54, 1.807) is 0 Å². The van der Waals surface area contributed by atoms with Gasteiger partial charge in [0, 0.05) is 12.8 Å². The van der Waals surface area contributed by atoms with E-state index in [9.17, 15) is 19.0 Å². The Balaban J connectivity index is 3.88. The van der Waals surface area contributed by atoms with Crippen molar-refractivity contribution in [3.05, 3.63) is 24.3 Å². The molecule has 0 aliphatic heterocycles. The highest BCUT2D eigenvalue weighted by Crippen LogP contribution is 2.43. The largest absolute Gasteiger partial charge is 0.472 e. The Kier molecular flexibility index (Phi) is 58.0. The summed E-state index contributed by atoms with van der Waals surface area (Å²) in [5.74, 6) is -0.797. The molecule has 0 rings (SSSR count). The molecule has 0 fully saturated rings. The Labute approximate surface area is 479 Å². The molecule has 0 aromatic heterocycles. The molecule has 0 aliphatic rings. The van der Waals surface area contributed by atoms with Crippen molar-refractivity contribution in [2.45, 2.75) is 347 Å². The van der Waals surface area contributed by atoms with Gasteiger partial charge in [0.2, 0.25) is 0 Å². The van der Waals surface area contributed by atoms with Crippen LogP contribution in [0.1, 0.15) is 341 Å². The van der Waals surface area contributed by atoms with Gasteiger partial charge < -0.3 is 18.9 Å². The molecule has 2 unspecified atom stereocenters. The number of hydrogen-bond acceptors (Lipinski definition) is 7. The number of quaternary nitrogens is 1. The molecular formula is C67H131NO8P+. The third-order valence-electron chi connectivity index (χ3n) is 15.2. The van der Waals surface area contributed by atoms with Crippen molar-refractivity contribution in [2.24, 2.45) is 0 Å². The van der Waals surface area contributed by atoms with Crippen LogP contribution in [-0.2, 0) is 32.7 Å². The van der Waals surface area contributed by atoms with Crippen LogP contribution in [0.5, 0.6) is 0 Å². The van der Waals surface area contributed by atoms with Crippen molar-refractivity contribution in [1.29, 1.82) is 0 Å². The maximum absolute atomic E-state index is 12.8. The fraction of sp³-hybridized carbons (Fsp3) is 0.910. The molecular weight excluding hydrogens is 978 g/mol. The van der Waals surface area contributed by atoms with Crippen LogP contribution in [0.2, 0.25) is 0 Å². The van der Waals surface area contributed by atoms with Crippen LogP contribution in [0.3, 0.4) is 0 Å². The van der Waals surface area contributed by atoms with Crippen LogP contribution >= 0.6 is 7.82 Å². The number of likely N-dealkylation sites (N-methyl/N-ethyl adjacent to an activating group) is 1. The van der Waals surface area contributed by atoms with Crippen LogP contribution < -0.4 is 0 Å². The Morgan fingerprint density at radius 1 is 0.403 bits per heavy atom. The molecule has 0 spiro atoms. The average Bonchev–Trinajstić information content (AvgIpc) is 3.39. The molecule has 2 atom stereocenters. The van der Waals surface area contributed by atoms with Gasteiger partial charge in [0.15, 0.2) is 6.10 Å². The number of unbranched alkanes of at least 4 members (excludes halogenated alkanes) is 45. The number of phosphoric acid groups is 1. The van der Waals surface area contributed by atoms with Gasteiger partial charge in [-0.2, -0.15) is 0 Å². The van der Waals surface area contributed by atoms with Crippen LogP contribution in [0.25, 0.3) is 0 Å². The molecule has 1 N–H and O–H groups in total. The predicted octanol–water partition coefficient (Wildman–Crippen LogP) is 21.3. The fourth-order valence-electron chi connectivity index (χ4n) is 10.1. The summed E-state index contributed by atoms with van der Waals surface area (Å²) in [4.78, 5) is 35.7. The zero-order valence-corrected chi connectivity index (χ0v) is 52.9. The Bertz CT molecular complexity index is 1350. The minimum absolute atomic E-state index is 0.0311. The van der Waals surface area contributed by atoms with Gasteiger partial charge in [-0.1, -0.05) is 308 Å². The number of phosphoric ester groups is 1. The molecule has 0 radical (unpaired) electrons. The van der Waals surface area contributed by atoms with E-state index in [1.165, 1.54) is 250 Å². The minimum Gasteiger partial charge on any atom is -0.462 e. The summed E-state index contributed by atoms with van der Waals surface area (Å²) in [5, 5.41) is 0. The first-order valence-corrected chi connectivity index (χ1v) is 35.1. The molecule has 0 bridgehead atoms. The lowest BCUT2D eigenvalue weighted by molar-refractivity contribution is -0.870. The van der Waals surface area contributed by atoms with Crippen molar-refractivity contribution in [3.8, 4) is 0 Å². The molecule has 0 amide bonds. The second kappa shape index (κ2) is 59.1. The normalized spacial score (nSPS) is 13.3. The summed E-state index contributed by atoms with van der Waals surface area (Å²) in [7, 11) is 1.48. The zero-order valence-electron chi connectivity index (χ0n) is 52.0. The maximum Gasteiger partial charge on any atom is 0.472 e. The smallest absolute Gasteiger partial charge is 0.462 e. The van der Waals surface area contributed by atoms with Crippen molar-refractivity contribution >= 4 is 19.8 Å². The van der Waals surface area contributed by atoms with E-state index in [1.807, 2.05) is 21.1 Å². The van der Waals surface area contributed by atoms with E-state index in [0.29, 0.717) is 23.9 Å². The molecule has 77 heavy (non-hydrogen) atoms. The number of carbonyl (C=O) groups excluding carboxylic acids is 2. The first-order valence-electron chi connectivity index (χ1n) is 33.6. The van der Waals surface area contributed by atoms with E-state index in [-0.39, 0.29) is 25.6 Å². The number of allylic oxidation sites excluding steroid dienone is 4. The first kappa shape index (κ1) is 75.5. The summed E-state index contributed by atoms with van der Waals surface area (Å²) in [6, 6.07) is 0. The van der Waals surface area contributed by atoms with Crippen LogP contribution in [-0.4, -0.2) is 74.9 Å². The minimum atomic E-state index is -4.39. The third kappa shape index (κ3) is 63.5. The topological polar surface area (TPSA) is 108 Å². The maximum atomic E-state index is 12.8. The highest BCUT2D eigenvalue weighted by molar-refractivity contribution is 7.47. The number of nitrogens with zero attached hydrogens (tertiary/aromatic N) is 1. The number of ether oxygens (including phenoxy) is 2. The number of carbonyl (C=O) groups is 2. The highest BCUT2D eigenvalue weighted by atomic mass is 31.2. The first-order chi connectivity index (χ1) is 37.5. The van der Waals surface area contributed by atoms with Gasteiger partial charge >= 0.3 is 19.8 Å². The Morgan fingerprint density at radius 2 is 0.701 bits per heavy atom. The third-order valence-corrected chi connectivity index (χ3v) is 16.2. The SMILES string of the molecule is CCCCCC/C=C\C/C=C\CCCCCCCC(=O)OC(COC(=O)CCCCCCCCCCCCCCCCCCCCCCCCCCCCCCCCCCCCCCC)COP(=O)(O)OCC[N+](C)(C)C. The summed E-state index contributed by atoms with van der Waals surface area (Å²) < 4.78 is 34.6. The summed E-state index contributed by atoms with van der Waals surface area (Å²) in [6.45, 7) is 4.45. The molecule has 456 valence electrons. The Hall–Kier alpha value is -1.51. The molecule has 0 saturated carbocycles. The van der Waals surface area contributed by atoms with E-state index in [4.69, 9.17) is 18.5 Å². The van der Waals surface area contributed by atoms with Gasteiger partial charge in [-0.15, -0.1) is 0 Å². The molecule has 0 saturated heterocycles. The summed E-state index contributed by atoms with van der Waals surface area (Å²) in [6.07, 6.45) is 73.0. The van der Waals surface area contributed by atoms with E-state index in [0.717, 1.165) is 57.8 Å². The second-order valence-electron chi connectivity index (χ2n) is 24.2. The monoisotopic (exact) mass is 1110 g/mol. The van der Waals surface area contributed by atoms with E-state index in [2.05, 4.69) is 38.2 Å². The van der Waals surface area contributed by atoms with Crippen molar-refractivity contribution in [2.75, 3.05) is 47.5 Å². The summed E-state index contributed by atoms with van der Waals surface area (Å²) >= 11 is 0. The molecule has 9 nitrogen and oxygen atoms in total. The van der Waals surface area contributed by atoms with E-state index >= 15 is 0 Å². The lowest BCUT2D eigenvalue weighted by atomic mass is 10.0. The van der Waals surface area contributed by atoms with E-state index < -0.39 is 26.5 Å². The molecule has 0 aliphatic carbocycles. The zero-order chi connectivity index (χ0) is 56.3. The van der Waals surface area contributed by atoms with Gasteiger partial charge in [0.25, 0.3) is 0 Å². The van der Waals surface area contributed by atoms with Crippen LogP contribution in [0.4, 0.5) is 0 Å². The number of rotatable bonds is 63. The highest BCUT2D eigenvalue weighted by Gasteiger charge is 2.27. The van der Waals surface area contributed by atoms with Crippen molar-refractivity contribution in [1.82, 2.24) is 0 Å². The predicted molar refractivity (Wildman–Crippen MR) is 331 cm³/mol. The van der Waals surface area contributed by atoms with Gasteiger partial charge in [0.05, 0.1) is 27.7 Å². The second-order valence-corrected chi connectivity index (χ2v) is 25.7. The van der Waals surface area contributed by atoms with Gasteiger partial charge in [0.1, 0.15) is 19.8 Å². The number of esters is 2. The van der Waals surface area contributed by atoms with Crippen LogP contribution in [0, 0.1) is 0 Å². The van der Waals surface area contributed by atoms with Gasteiger partial charge in [-0.05, 0) is 44.9 Å².